The van der Waals surface area contributed by atoms with Crippen molar-refractivity contribution in [3.63, 3.8) is 0 Å². The fourth-order valence-electron chi connectivity index (χ4n) is 2.75. The largest absolute Gasteiger partial charge is 0.490 e. The highest BCUT2D eigenvalue weighted by Crippen LogP contribution is 2.31. The van der Waals surface area contributed by atoms with Gasteiger partial charge in [0.1, 0.15) is 23.7 Å². The molecule has 158 valence electrons. The molecule has 3 rings (SSSR count). The molecule has 0 aliphatic heterocycles. The highest BCUT2D eigenvalue weighted by atomic mass is 32.2. The van der Waals surface area contributed by atoms with Gasteiger partial charge < -0.3 is 10.1 Å². The number of hydrogen-bond acceptors (Lipinski definition) is 6. The van der Waals surface area contributed by atoms with E-state index in [0.717, 1.165) is 17.5 Å². The molecule has 9 heteroatoms. The van der Waals surface area contributed by atoms with Gasteiger partial charge in [0.15, 0.2) is 0 Å². The van der Waals surface area contributed by atoms with E-state index in [0.29, 0.717) is 22.8 Å². The van der Waals surface area contributed by atoms with Crippen LogP contribution in [0, 0.1) is 5.82 Å². The summed E-state index contributed by atoms with van der Waals surface area (Å²) in [5, 5.41) is 3.18. The molecule has 0 amide bonds. The predicted octanol–water partition coefficient (Wildman–Crippen LogP) is 3.86. The van der Waals surface area contributed by atoms with Crippen molar-refractivity contribution in [2.75, 3.05) is 11.6 Å². The van der Waals surface area contributed by atoms with Crippen molar-refractivity contribution in [3.8, 4) is 17.0 Å². The van der Waals surface area contributed by atoms with Crippen molar-refractivity contribution in [1.29, 1.82) is 0 Å². The summed E-state index contributed by atoms with van der Waals surface area (Å²) >= 11 is 0. The van der Waals surface area contributed by atoms with Crippen LogP contribution < -0.4 is 14.8 Å². The van der Waals surface area contributed by atoms with E-state index in [-0.39, 0.29) is 18.5 Å². The van der Waals surface area contributed by atoms with Crippen molar-refractivity contribution in [3.05, 3.63) is 66.2 Å². The molecule has 0 aliphatic rings. The van der Waals surface area contributed by atoms with Crippen LogP contribution in [0.15, 0.2) is 54.9 Å². The van der Waals surface area contributed by atoms with Crippen LogP contribution in [0.1, 0.15) is 19.4 Å². The molecule has 1 heterocycles. The van der Waals surface area contributed by atoms with Crippen LogP contribution >= 0.6 is 0 Å². The average Bonchev–Trinajstić information content (AvgIpc) is 2.66. The van der Waals surface area contributed by atoms with E-state index in [1.807, 2.05) is 38.1 Å². The second-order valence-electron chi connectivity index (χ2n) is 7.01. The number of hydrogen-bond donors (Lipinski definition) is 2. The Bertz CT molecular complexity index is 1140. The highest BCUT2D eigenvalue weighted by molar-refractivity contribution is 7.88. The fraction of sp³-hybridized carbons (Fsp3) is 0.238. The minimum Gasteiger partial charge on any atom is -0.490 e. The summed E-state index contributed by atoms with van der Waals surface area (Å²) in [6.07, 6.45) is 2.41. The van der Waals surface area contributed by atoms with Crippen molar-refractivity contribution in [2.45, 2.75) is 26.5 Å². The molecule has 0 radical (unpaired) electrons. The van der Waals surface area contributed by atoms with Gasteiger partial charge >= 0.3 is 0 Å². The molecule has 30 heavy (non-hydrogen) atoms. The maximum atomic E-state index is 13.7. The molecule has 0 saturated heterocycles. The molecule has 3 aromatic rings. The molecule has 0 aliphatic carbocycles. The SMILES string of the molecule is CC(C)Oc1cc(F)ccc1-c1cc(Nc2cccc(CNS(C)(=O)=O)c2)ncn1. The number of anilines is 2. The summed E-state index contributed by atoms with van der Waals surface area (Å²) in [6, 6.07) is 13.4. The molecular formula is C21H23FN4O3S. The lowest BCUT2D eigenvalue weighted by Gasteiger charge is -2.14. The number of ether oxygens (including phenoxy) is 1. The minimum atomic E-state index is -3.28. The first-order valence-electron chi connectivity index (χ1n) is 9.29. The third-order valence-corrected chi connectivity index (χ3v) is 4.66. The van der Waals surface area contributed by atoms with E-state index in [1.165, 1.54) is 18.5 Å². The molecule has 2 aromatic carbocycles. The van der Waals surface area contributed by atoms with Crippen molar-refractivity contribution in [2.24, 2.45) is 0 Å². The van der Waals surface area contributed by atoms with Gasteiger partial charge in [-0.25, -0.2) is 27.5 Å². The number of benzene rings is 2. The Labute approximate surface area is 175 Å². The van der Waals surface area contributed by atoms with Gasteiger partial charge in [-0.1, -0.05) is 12.1 Å². The minimum absolute atomic E-state index is 0.117. The predicted molar refractivity (Wildman–Crippen MR) is 115 cm³/mol. The standard InChI is InChI=1S/C21H23FN4O3S/c1-14(2)29-20-10-16(22)7-8-18(20)19-11-21(24-13-23-19)26-17-6-4-5-15(9-17)12-25-30(3,27)28/h4-11,13-14,25H,12H2,1-3H3,(H,23,24,26). The number of halogens is 1. The lowest BCUT2D eigenvalue weighted by atomic mass is 10.1. The molecule has 7 nitrogen and oxygen atoms in total. The number of nitrogens with zero attached hydrogens (tertiary/aromatic N) is 2. The highest BCUT2D eigenvalue weighted by Gasteiger charge is 2.12. The van der Waals surface area contributed by atoms with Crippen LogP contribution in [0.3, 0.4) is 0 Å². The van der Waals surface area contributed by atoms with E-state index >= 15 is 0 Å². The molecule has 0 saturated carbocycles. The molecule has 1 aromatic heterocycles. The average molecular weight is 431 g/mol. The zero-order valence-corrected chi connectivity index (χ0v) is 17.7. The first-order valence-corrected chi connectivity index (χ1v) is 11.2. The Balaban J connectivity index is 1.84. The smallest absolute Gasteiger partial charge is 0.209 e. The van der Waals surface area contributed by atoms with Gasteiger partial charge in [-0.3, -0.25) is 0 Å². The molecule has 0 unspecified atom stereocenters. The van der Waals surface area contributed by atoms with Gasteiger partial charge in [-0.05, 0) is 43.7 Å². The van der Waals surface area contributed by atoms with Gasteiger partial charge in [0.2, 0.25) is 10.0 Å². The fourth-order valence-corrected chi connectivity index (χ4v) is 3.18. The molecule has 2 N–H and O–H groups in total. The quantitative estimate of drug-likeness (QED) is 0.564. The Kier molecular flexibility index (Phi) is 6.63. The second-order valence-corrected chi connectivity index (χ2v) is 8.85. The summed E-state index contributed by atoms with van der Waals surface area (Å²) in [6.45, 7) is 3.93. The van der Waals surface area contributed by atoms with E-state index in [9.17, 15) is 12.8 Å². The van der Waals surface area contributed by atoms with Gasteiger partial charge in [-0.2, -0.15) is 0 Å². The van der Waals surface area contributed by atoms with Gasteiger partial charge in [-0.15, -0.1) is 0 Å². The third kappa shape index (κ3) is 6.23. The van der Waals surface area contributed by atoms with Crippen molar-refractivity contribution in [1.82, 2.24) is 14.7 Å². The summed E-state index contributed by atoms with van der Waals surface area (Å²) < 4.78 is 44.5. The maximum absolute atomic E-state index is 13.7. The van der Waals surface area contributed by atoms with Crippen LogP contribution in [-0.4, -0.2) is 30.7 Å². The lowest BCUT2D eigenvalue weighted by molar-refractivity contribution is 0.242. The van der Waals surface area contributed by atoms with E-state index in [4.69, 9.17) is 4.74 Å². The van der Waals surface area contributed by atoms with Gasteiger partial charge in [0.25, 0.3) is 0 Å². The van der Waals surface area contributed by atoms with E-state index < -0.39 is 10.0 Å². The van der Waals surface area contributed by atoms with Gasteiger partial charge in [0, 0.05) is 29.9 Å². The number of sulfonamides is 1. The third-order valence-electron chi connectivity index (χ3n) is 3.99. The normalized spacial score (nSPS) is 11.5. The lowest BCUT2D eigenvalue weighted by Crippen LogP contribution is -2.21. The Hall–Kier alpha value is -3.04. The Morgan fingerprint density at radius 3 is 2.63 bits per heavy atom. The van der Waals surface area contributed by atoms with E-state index in [2.05, 4.69) is 20.0 Å². The van der Waals surface area contributed by atoms with Crippen LogP contribution in [0.25, 0.3) is 11.3 Å². The van der Waals surface area contributed by atoms with Crippen LogP contribution in [0.4, 0.5) is 15.9 Å². The maximum Gasteiger partial charge on any atom is 0.209 e. The molecule has 0 atom stereocenters. The monoisotopic (exact) mass is 430 g/mol. The first kappa shape index (κ1) is 21.7. The van der Waals surface area contributed by atoms with Crippen LogP contribution in [-0.2, 0) is 16.6 Å². The summed E-state index contributed by atoms with van der Waals surface area (Å²) in [5.74, 6) is 0.554. The zero-order valence-electron chi connectivity index (χ0n) is 16.9. The van der Waals surface area contributed by atoms with E-state index in [1.54, 1.807) is 12.1 Å². The molecule has 0 bridgehead atoms. The molecule has 0 spiro atoms. The number of nitrogens with one attached hydrogen (secondary N) is 2. The van der Waals surface area contributed by atoms with Crippen molar-refractivity contribution < 1.29 is 17.5 Å². The Morgan fingerprint density at radius 2 is 1.90 bits per heavy atom. The first-order chi connectivity index (χ1) is 14.2. The second kappa shape index (κ2) is 9.19. The summed E-state index contributed by atoms with van der Waals surface area (Å²) in [5.41, 5.74) is 2.77. The van der Waals surface area contributed by atoms with Crippen LogP contribution in [0.5, 0.6) is 5.75 Å². The van der Waals surface area contributed by atoms with Gasteiger partial charge in [0.05, 0.1) is 18.1 Å². The Morgan fingerprint density at radius 1 is 1.10 bits per heavy atom. The molecule has 0 fully saturated rings. The van der Waals surface area contributed by atoms with Crippen molar-refractivity contribution >= 4 is 21.5 Å². The summed E-state index contributed by atoms with van der Waals surface area (Å²) in [4.78, 5) is 8.53. The topological polar surface area (TPSA) is 93.2 Å². The number of aromatic nitrogens is 2. The molecular weight excluding hydrogens is 407 g/mol. The zero-order chi connectivity index (χ0) is 21.7. The summed E-state index contributed by atoms with van der Waals surface area (Å²) in [7, 11) is -3.28. The number of rotatable bonds is 8. The van der Waals surface area contributed by atoms with Crippen LogP contribution in [0.2, 0.25) is 0 Å².